The minimum Gasteiger partial charge on any atom is -0.486 e. The van der Waals surface area contributed by atoms with Crippen LogP contribution >= 0.6 is 0 Å². The minimum absolute atomic E-state index is 0.0108. The van der Waals surface area contributed by atoms with E-state index in [2.05, 4.69) is 25.3 Å². The summed E-state index contributed by atoms with van der Waals surface area (Å²) in [5.74, 6) is 0.598. The predicted molar refractivity (Wildman–Crippen MR) is 137 cm³/mol. The number of nitrogen functional groups attached to an aromatic ring is 1. The quantitative estimate of drug-likeness (QED) is 0.359. The van der Waals surface area contributed by atoms with E-state index in [4.69, 9.17) is 15.2 Å². The van der Waals surface area contributed by atoms with E-state index < -0.39 is 10.0 Å². The highest BCUT2D eigenvalue weighted by atomic mass is 32.2. The number of fused-ring (bicyclic) bond motifs is 1. The Morgan fingerprint density at radius 1 is 1.14 bits per heavy atom. The molecule has 3 heterocycles. The summed E-state index contributed by atoms with van der Waals surface area (Å²) in [7, 11) is -3.80. The van der Waals surface area contributed by atoms with Gasteiger partial charge in [0.2, 0.25) is 10.0 Å². The molecule has 1 atom stereocenters. The van der Waals surface area contributed by atoms with Crippen LogP contribution in [-0.2, 0) is 16.6 Å². The predicted octanol–water partition coefficient (Wildman–Crippen LogP) is 1.46. The Balaban J connectivity index is 1.30. The molecular formula is C25H28N6O5S. The number of nitrogens with zero attached hydrogens (tertiary/aromatic N) is 2. The first kappa shape index (κ1) is 24.9. The molecule has 0 spiro atoms. The molecule has 1 saturated heterocycles. The van der Waals surface area contributed by atoms with Gasteiger partial charge in [0.05, 0.1) is 16.8 Å². The number of nitrogens with two attached hydrogens (primary N) is 1. The van der Waals surface area contributed by atoms with Crippen LogP contribution in [0.1, 0.15) is 28.9 Å². The van der Waals surface area contributed by atoms with E-state index in [0.29, 0.717) is 48.1 Å². The van der Waals surface area contributed by atoms with E-state index in [1.54, 1.807) is 24.3 Å². The van der Waals surface area contributed by atoms with Crippen molar-refractivity contribution in [3.05, 3.63) is 59.9 Å². The molecule has 3 aromatic rings. The van der Waals surface area contributed by atoms with Crippen LogP contribution in [0.2, 0.25) is 0 Å². The first-order chi connectivity index (χ1) is 17.9. The zero-order chi connectivity index (χ0) is 25.8. The van der Waals surface area contributed by atoms with Crippen molar-refractivity contribution in [2.24, 2.45) is 0 Å². The third-order valence-corrected chi connectivity index (χ3v) is 7.56. The number of hydrogen-bond donors (Lipinski definition) is 4. The molecule has 194 valence electrons. The van der Waals surface area contributed by atoms with Crippen LogP contribution < -0.4 is 30.6 Å². The molecule has 2 aromatic carbocycles. The molecule has 0 radical (unpaired) electrons. The van der Waals surface area contributed by atoms with Crippen molar-refractivity contribution in [3.8, 4) is 22.8 Å². The van der Waals surface area contributed by atoms with E-state index in [9.17, 15) is 13.2 Å². The van der Waals surface area contributed by atoms with Crippen molar-refractivity contribution >= 4 is 21.7 Å². The molecule has 0 unspecified atom stereocenters. The lowest BCUT2D eigenvalue weighted by Crippen LogP contribution is -2.46. The number of aromatic nitrogens is 2. The van der Waals surface area contributed by atoms with Crippen molar-refractivity contribution < 1.29 is 22.7 Å². The lowest BCUT2D eigenvalue weighted by molar-refractivity contribution is 0.0926. The van der Waals surface area contributed by atoms with Gasteiger partial charge in [0, 0.05) is 30.8 Å². The van der Waals surface area contributed by atoms with Crippen LogP contribution in [0.15, 0.2) is 53.6 Å². The minimum atomic E-state index is -3.80. The van der Waals surface area contributed by atoms with Crippen LogP contribution in [0, 0.1) is 0 Å². The molecular weight excluding hydrogens is 496 g/mol. The number of hydrogen-bond acceptors (Lipinski definition) is 9. The van der Waals surface area contributed by atoms with Crippen LogP contribution in [0.3, 0.4) is 0 Å². The normalized spacial score (nSPS) is 17.2. The Bertz CT molecular complexity index is 1410. The summed E-state index contributed by atoms with van der Waals surface area (Å²) in [6, 6.07) is 11.7. The van der Waals surface area contributed by atoms with Gasteiger partial charge in [0.25, 0.3) is 5.91 Å². The largest absolute Gasteiger partial charge is 0.486 e. The number of piperidine rings is 1. The maximum absolute atomic E-state index is 12.9. The molecule has 5 rings (SSSR count). The summed E-state index contributed by atoms with van der Waals surface area (Å²) in [6.45, 7) is 2.48. The van der Waals surface area contributed by atoms with E-state index in [1.165, 1.54) is 18.3 Å². The maximum atomic E-state index is 12.9. The fourth-order valence-electron chi connectivity index (χ4n) is 4.23. The summed E-state index contributed by atoms with van der Waals surface area (Å²) < 4.78 is 39.3. The highest BCUT2D eigenvalue weighted by Crippen LogP contribution is 2.32. The van der Waals surface area contributed by atoms with Crippen molar-refractivity contribution in [1.29, 1.82) is 0 Å². The number of amides is 1. The smallest absolute Gasteiger partial charge is 0.274 e. The molecule has 5 N–H and O–H groups in total. The summed E-state index contributed by atoms with van der Waals surface area (Å²) in [5, 5.41) is 6.21. The molecule has 11 nitrogen and oxygen atoms in total. The van der Waals surface area contributed by atoms with E-state index in [0.717, 1.165) is 19.4 Å². The second kappa shape index (κ2) is 10.7. The lowest BCUT2D eigenvalue weighted by atomic mass is 10.1. The first-order valence-corrected chi connectivity index (χ1v) is 13.5. The Labute approximate surface area is 214 Å². The molecule has 1 aromatic heterocycles. The molecule has 2 aliphatic rings. The van der Waals surface area contributed by atoms with Crippen LogP contribution in [-0.4, -0.2) is 56.6 Å². The van der Waals surface area contributed by atoms with Crippen LogP contribution in [0.5, 0.6) is 11.5 Å². The molecule has 0 bridgehead atoms. The van der Waals surface area contributed by atoms with Gasteiger partial charge in [-0.3, -0.25) is 4.79 Å². The third-order valence-electron chi connectivity index (χ3n) is 6.16. The topological polar surface area (TPSA) is 158 Å². The second-order valence-corrected chi connectivity index (χ2v) is 10.6. The van der Waals surface area contributed by atoms with Crippen molar-refractivity contribution in [2.45, 2.75) is 30.3 Å². The molecule has 0 saturated carbocycles. The number of nitrogens with one attached hydrogen (secondary N) is 3. The van der Waals surface area contributed by atoms with E-state index in [1.807, 2.05) is 6.07 Å². The van der Waals surface area contributed by atoms with Gasteiger partial charge < -0.3 is 25.8 Å². The Hall–Kier alpha value is -3.74. The molecule has 0 aliphatic carbocycles. The SMILES string of the molecule is Nc1ncc(-c2cccc(CNS(=O)(=O)c3ccc4c(c3)OCCO4)c2)nc1C(=O)N[C@H]1CCCNC1. The van der Waals surface area contributed by atoms with Gasteiger partial charge in [0.1, 0.15) is 13.2 Å². The molecule has 1 amide bonds. The zero-order valence-corrected chi connectivity index (χ0v) is 20.9. The molecule has 12 heteroatoms. The van der Waals surface area contributed by atoms with Crippen LogP contribution in [0.25, 0.3) is 11.3 Å². The summed E-state index contributed by atoms with van der Waals surface area (Å²) in [6.07, 6.45) is 3.36. The molecule has 2 aliphatic heterocycles. The second-order valence-electron chi connectivity index (χ2n) is 8.84. The number of carbonyl (C=O) groups is 1. The summed E-state index contributed by atoms with van der Waals surface area (Å²) in [5.41, 5.74) is 7.86. The summed E-state index contributed by atoms with van der Waals surface area (Å²) >= 11 is 0. The molecule has 1 fully saturated rings. The summed E-state index contributed by atoms with van der Waals surface area (Å²) in [4.78, 5) is 21.5. The highest BCUT2D eigenvalue weighted by Gasteiger charge is 2.21. The van der Waals surface area contributed by atoms with Crippen molar-refractivity contribution in [2.75, 3.05) is 32.0 Å². The van der Waals surface area contributed by atoms with E-state index >= 15 is 0 Å². The number of carbonyl (C=O) groups excluding carboxylic acids is 1. The van der Waals surface area contributed by atoms with Gasteiger partial charge >= 0.3 is 0 Å². The monoisotopic (exact) mass is 524 g/mol. The van der Waals surface area contributed by atoms with Gasteiger partial charge in [-0.1, -0.05) is 18.2 Å². The number of benzene rings is 2. The van der Waals surface area contributed by atoms with Gasteiger partial charge in [-0.05, 0) is 43.1 Å². The Morgan fingerprint density at radius 3 is 2.78 bits per heavy atom. The van der Waals surface area contributed by atoms with Gasteiger partial charge in [-0.2, -0.15) is 0 Å². The molecule has 37 heavy (non-hydrogen) atoms. The average Bonchev–Trinajstić information content (AvgIpc) is 2.92. The fraction of sp³-hybridized carbons (Fsp3) is 0.320. The number of ether oxygens (including phenoxy) is 2. The average molecular weight is 525 g/mol. The Morgan fingerprint density at radius 2 is 1.97 bits per heavy atom. The fourth-order valence-corrected chi connectivity index (χ4v) is 5.26. The maximum Gasteiger partial charge on any atom is 0.274 e. The first-order valence-electron chi connectivity index (χ1n) is 12.0. The lowest BCUT2D eigenvalue weighted by Gasteiger charge is -2.23. The van der Waals surface area contributed by atoms with Gasteiger partial charge in [-0.25, -0.2) is 23.1 Å². The van der Waals surface area contributed by atoms with Crippen molar-refractivity contribution in [3.63, 3.8) is 0 Å². The third kappa shape index (κ3) is 5.82. The standard InChI is InChI=1S/C25H28N6O5S/c26-24-23(25(32)30-18-5-2-8-27-14-18)31-20(15-28-24)17-4-1-3-16(11-17)13-29-37(33,34)19-6-7-21-22(12-19)36-10-9-35-21/h1,3-4,6-7,11-12,15,18,27,29H,2,5,8-10,13-14H2,(H2,26,28)(H,30,32)/t18-/m0/s1. The number of rotatable bonds is 7. The van der Waals surface area contributed by atoms with E-state index in [-0.39, 0.29) is 34.9 Å². The van der Waals surface area contributed by atoms with Gasteiger partial charge in [-0.15, -0.1) is 0 Å². The van der Waals surface area contributed by atoms with Crippen LogP contribution in [0.4, 0.5) is 5.82 Å². The number of sulfonamides is 1. The van der Waals surface area contributed by atoms with Crippen molar-refractivity contribution in [1.82, 2.24) is 25.3 Å². The van der Waals surface area contributed by atoms with Gasteiger partial charge in [0.15, 0.2) is 23.0 Å². The zero-order valence-electron chi connectivity index (χ0n) is 20.1. The number of anilines is 1. The Kier molecular flexibility index (Phi) is 7.22. The highest BCUT2D eigenvalue weighted by molar-refractivity contribution is 7.89.